The fourth-order valence-electron chi connectivity index (χ4n) is 1.74. The predicted octanol–water partition coefficient (Wildman–Crippen LogP) is 2.75. The van der Waals surface area contributed by atoms with E-state index in [4.69, 9.17) is 4.74 Å². The summed E-state index contributed by atoms with van der Waals surface area (Å²) in [7, 11) is 1.63. The third-order valence-corrected chi connectivity index (χ3v) is 3.36. The van der Waals surface area contributed by atoms with Crippen molar-refractivity contribution in [2.45, 2.75) is 6.42 Å². The molecule has 22 heavy (non-hydrogen) atoms. The van der Waals surface area contributed by atoms with Crippen LogP contribution in [0.1, 0.15) is 16.9 Å². The second kappa shape index (κ2) is 8.45. The molecule has 0 fully saturated rings. The largest absolute Gasteiger partial charge is 0.385 e. The number of hydrogen-bond acceptors (Lipinski definition) is 5. The van der Waals surface area contributed by atoms with E-state index in [0.29, 0.717) is 24.7 Å². The standard InChI is InChI=1S/C15H17BrN4O2/c1-22-8-2-7-17-15(21)13-9-14(19-10-18-13)20-12-5-3-11(16)4-6-12/h3-6,9-10H,2,7-8H2,1H3,(H,17,21)(H,18,19,20). The summed E-state index contributed by atoms with van der Waals surface area (Å²) in [5.41, 5.74) is 1.21. The summed E-state index contributed by atoms with van der Waals surface area (Å²) in [4.78, 5) is 20.1. The van der Waals surface area contributed by atoms with E-state index in [1.54, 1.807) is 13.2 Å². The third-order valence-electron chi connectivity index (χ3n) is 2.83. The molecule has 2 aromatic rings. The number of aromatic nitrogens is 2. The van der Waals surface area contributed by atoms with E-state index in [9.17, 15) is 4.79 Å². The summed E-state index contributed by atoms with van der Waals surface area (Å²) < 4.78 is 5.93. The topological polar surface area (TPSA) is 76.1 Å². The first-order chi connectivity index (χ1) is 10.7. The summed E-state index contributed by atoms with van der Waals surface area (Å²) >= 11 is 3.38. The zero-order valence-corrected chi connectivity index (χ0v) is 13.8. The van der Waals surface area contributed by atoms with Crippen LogP contribution in [0.3, 0.4) is 0 Å². The summed E-state index contributed by atoms with van der Waals surface area (Å²) in [6.45, 7) is 1.16. The summed E-state index contributed by atoms with van der Waals surface area (Å²) in [6.07, 6.45) is 2.13. The van der Waals surface area contributed by atoms with Crippen LogP contribution in [0, 0.1) is 0 Å². The van der Waals surface area contributed by atoms with Crippen LogP contribution in [0.4, 0.5) is 11.5 Å². The average Bonchev–Trinajstić information content (AvgIpc) is 2.54. The Bertz CT molecular complexity index is 619. The molecule has 0 aliphatic rings. The SMILES string of the molecule is COCCCNC(=O)c1cc(Nc2ccc(Br)cc2)ncn1. The minimum absolute atomic E-state index is 0.225. The maximum Gasteiger partial charge on any atom is 0.270 e. The lowest BCUT2D eigenvalue weighted by Gasteiger charge is -2.07. The average molecular weight is 365 g/mol. The molecule has 0 atom stereocenters. The molecule has 2 N–H and O–H groups in total. The van der Waals surface area contributed by atoms with Gasteiger partial charge in [0, 0.05) is 36.5 Å². The number of nitrogens with zero attached hydrogens (tertiary/aromatic N) is 2. The number of carbonyl (C=O) groups is 1. The molecular weight excluding hydrogens is 348 g/mol. The number of anilines is 2. The number of benzene rings is 1. The number of methoxy groups -OCH3 is 1. The van der Waals surface area contributed by atoms with Crippen molar-refractivity contribution in [3.8, 4) is 0 Å². The van der Waals surface area contributed by atoms with Crippen LogP contribution in [-0.4, -0.2) is 36.1 Å². The Balaban J connectivity index is 1.97. The molecule has 0 unspecified atom stereocenters. The van der Waals surface area contributed by atoms with Gasteiger partial charge < -0.3 is 15.4 Å². The minimum Gasteiger partial charge on any atom is -0.385 e. The maximum absolute atomic E-state index is 12.0. The van der Waals surface area contributed by atoms with Gasteiger partial charge in [0.05, 0.1) is 0 Å². The molecule has 1 heterocycles. The number of halogens is 1. The molecule has 1 aromatic heterocycles. The molecule has 0 saturated heterocycles. The van der Waals surface area contributed by atoms with Crippen molar-refractivity contribution in [3.05, 3.63) is 46.8 Å². The van der Waals surface area contributed by atoms with Crippen molar-refractivity contribution in [2.24, 2.45) is 0 Å². The van der Waals surface area contributed by atoms with Crippen LogP contribution in [0.5, 0.6) is 0 Å². The lowest BCUT2D eigenvalue weighted by atomic mass is 10.3. The van der Waals surface area contributed by atoms with E-state index in [1.807, 2.05) is 24.3 Å². The molecule has 0 spiro atoms. The molecule has 0 bridgehead atoms. The lowest BCUT2D eigenvalue weighted by Crippen LogP contribution is -2.26. The quantitative estimate of drug-likeness (QED) is 0.738. The highest BCUT2D eigenvalue weighted by atomic mass is 79.9. The van der Waals surface area contributed by atoms with Crippen LogP contribution in [0.15, 0.2) is 41.1 Å². The molecule has 0 radical (unpaired) electrons. The van der Waals surface area contributed by atoms with Crippen LogP contribution < -0.4 is 10.6 Å². The van der Waals surface area contributed by atoms with E-state index in [2.05, 4.69) is 36.5 Å². The number of amides is 1. The zero-order valence-electron chi connectivity index (χ0n) is 12.2. The molecule has 2 rings (SSSR count). The van der Waals surface area contributed by atoms with E-state index in [-0.39, 0.29) is 5.91 Å². The zero-order chi connectivity index (χ0) is 15.8. The van der Waals surface area contributed by atoms with Gasteiger partial charge in [-0.1, -0.05) is 15.9 Å². The molecule has 116 valence electrons. The Morgan fingerprint density at radius 3 is 2.77 bits per heavy atom. The Morgan fingerprint density at radius 2 is 2.05 bits per heavy atom. The van der Waals surface area contributed by atoms with Crippen molar-refractivity contribution in [1.29, 1.82) is 0 Å². The normalized spacial score (nSPS) is 10.3. The monoisotopic (exact) mass is 364 g/mol. The summed E-state index contributed by atoms with van der Waals surface area (Å²) in [6, 6.07) is 9.29. The van der Waals surface area contributed by atoms with E-state index in [1.165, 1.54) is 6.33 Å². The third kappa shape index (κ3) is 5.09. The van der Waals surface area contributed by atoms with Gasteiger partial charge in [0.2, 0.25) is 0 Å². The van der Waals surface area contributed by atoms with Gasteiger partial charge in [-0.3, -0.25) is 4.79 Å². The molecule has 1 aromatic carbocycles. The molecular formula is C15H17BrN4O2. The van der Waals surface area contributed by atoms with Gasteiger partial charge in [0.1, 0.15) is 17.8 Å². The molecule has 6 nitrogen and oxygen atoms in total. The van der Waals surface area contributed by atoms with Gasteiger partial charge in [-0.15, -0.1) is 0 Å². The van der Waals surface area contributed by atoms with Crippen molar-refractivity contribution >= 4 is 33.3 Å². The van der Waals surface area contributed by atoms with Crippen molar-refractivity contribution in [3.63, 3.8) is 0 Å². The first-order valence-corrected chi connectivity index (χ1v) is 7.60. The van der Waals surface area contributed by atoms with Gasteiger partial charge in [0.15, 0.2) is 0 Å². The lowest BCUT2D eigenvalue weighted by molar-refractivity contribution is 0.0943. The highest BCUT2D eigenvalue weighted by molar-refractivity contribution is 9.10. The van der Waals surface area contributed by atoms with Gasteiger partial charge in [0.25, 0.3) is 5.91 Å². The van der Waals surface area contributed by atoms with Gasteiger partial charge >= 0.3 is 0 Å². The fourth-order valence-corrected chi connectivity index (χ4v) is 2.00. The van der Waals surface area contributed by atoms with Crippen LogP contribution in [-0.2, 0) is 4.74 Å². The summed E-state index contributed by atoms with van der Waals surface area (Å²) in [5, 5.41) is 5.92. The van der Waals surface area contributed by atoms with E-state index in [0.717, 1.165) is 16.6 Å². The first kappa shape index (κ1) is 16.4. The van der Waals surface area contributed by atoms with Crippen molar-refractivity contribution < 1.29 is 9.53 Å². The Morgan fingerprint density at radius 1 is 1.27 bits per heavy atom. The van der Waals surface area contributed by atoms with Crippen molar-refractivity contribution in [2.75, 3.05) is 25.6 Å². The Hall–Kier alpha value is -1.99. The fraction of sp³-hybridized carbons (Fsp3) is 0.267. The number of carbonyl (C=O) groups excluding carboxylic acids is 1. The number of nitrogens with one attached hydrogen (secondary N) is 2. The maximum atomic E-state index is 12.0. The van der Waals surface area contributed by atoms with E-state index < -0.39 is 0 Å². The number of hydrogen-bond donors (Lipinski definition) is 2. The van der Waals surface area contributed by atoms with E-state index >= 15 is 0 Å². The predicted molar refractivity (Wildman–Crippen MR) is 88.3 cm³/mol. The first-order valence-electron chi connectivity index (χ1n) is 6.81. The highest BCUT2D eigenvalue weighted by Gasteiger charge is 2.08. The second-order valence-corrected chi connectivity index (χ2v) is 5.44. The van der Waals surface area contributed by atoms with Crippen LogP contribution >= 0.6 is 15.9 Å². The summed E-state index contributed by atoms with van der Waals surface area (Å²) in [5.74, 6) is 0.344. The smallest absolute Gasteiger partial charge is 0.270 e. The molecule has 7 heteroatoms. The highest BCUT2D eigenvalue weighted by Crippen LogP contribution is 2.17. The molecule has 1 amide bonds. The second-order valence-electron chi connectivity index (χ2n) is 4.52. The van der Waals surface area contributed by atoms with Crippen molar-refractivity contribution in [1.82, 2.24) is 15.3 Å². The van der Waals surface area contributed by atoms with Gasteiger partial charge in [-0.25, -0.2) is 9.97 Å². The Labute approximate surface area is 137 Å². The molecule has 0 aliphatic carbocycles. The van der Waals surface area contributed by atoms with Crippen LogP contribution in [0.2, 0.25) is 0 Å². The van der Waals surface area contributed by atoms with Crippen LogP contribution in [0.25, 0.3) is 0 Å². The van der Waals surface area contributed by atoms with Gasteiger partial charge in [-0.2, -0.15) is 0 Å². The molecule has 0 saturated carbocycles. The van der Waals surface area contributed by atoms with Gasteiger partial charge in [-0.05, 0) is 30.7 Å². The molecule has 0 aliphatic heterocycles. The number of ether oxygens (including phenoxy) is 1. The Kier molecular flexibility index (Phi) is 6.29. The number of rotatable bonds is 7. The minimum atomic E-state index is -0.225.